The Kier molecular flexibility index (Phi) is 3.88. The topological polar surface area (TPSA) is 24.9 Å². The second-order valence-corrected chi connectivity index (χ2v) is 4.71. The SMILES string of the molecule is Cc1ncsc1C(C)NCC(C)C. The summed E-state index contributed by atoms with van der Waals surface area (Å²) < 4.78 is 0. The standard InChI is InChI=1S/C10H18N2S/c1-7(2)5-11-8(3)10-9(4)12-6-13-10/h6-8,11H,5H2,1-4H3. The van der Waals surface area contributed by atoms with Crippen molar-refractivity contribution >= 4 is 11.3 Å². The normalized spacial score (nSPS) is 13.6. The van der Waals surface area contributed by atoms with Crippen molar-refractivity contribution in [2.75, 3.05) is 6.54 Å². The maximum atomic E-state index is 4.24. The minimum Gasteiger partial charge on any atom is -0.309 e. The van der Waals surface area contributed by atoms with Gasteiger partial charge in [-0.05, 0) is 26.3 Å². The smallest absolute Gasteiger partial charge is 0.0798 e. The van der Waals surface area contributed by atoms with Crippen molar-refractivity contribution in [3.8, 4) is 0 Å². The summed E-state index contributed by atoms with van der Waals surface area (Å²) in [5, 5.41) is 3.50. The van der Waals surface area contributed by atoms with Gasteiger partial charge in [-0.1, -0.05) is 13.8 Å². The molecule has 1 atom stereocenters. The second kappa shape index (κ2) is 4.72. The summed E-state index contributed by atoms with van der Waals surface area (Å²) in [5.41, 5.74) is 3.08. The highest BCUT2D eigenvalue weighted by Gasteiger charge is 2.10. The molecule has 13 heavy (non-hydrogen) atoms. The van der Waals surface area contributed by atoms with Gasteiger partial charge in [0.2, 0.25) is 0 Å². The number of rotatable bonds is 4. The second-order valence-electron chi connectivity index (χ2n) is 3.83. The lowest BCUT2D eigenvalue weighted by atomic mass is 10.2. The van der Waals surface area contributed by atoms with E-state index < -0.39 is 0 Å². The highest BCUT2D eigenvalue weighted by molar-refractivity contribution is 7.09. The van der Waals surface area contributed by atoms with Crippen molar-refractivity contribution in [3.63, 3.8) is 0 Å². The summed E-state index contributed by atoms with van der Waals surface area (Å²) in [6.45, 7) is 9.78. The number of nitrogens with zero attached hydrogens (tertiary/aromatic N) is 1. The molecule has 0 aliphatic carbocycles. The molecule has 0 aromatic carbocycles. The van der Waals surface area contributed by atoms with E-state index in [1.54, 1.807) is 11.3 Å². The van der Waals surface area contributed by atoms with Crippen LogP contribution in [0.25, 0.3) is 0 Å². The van der Waals surface area contributed by atoms with Crippen molar-refractivity contribution in [2.24, 2.45) is 5.92 Å². The first kappa shape index (κ1) is 10.7. The molecule has 1 unspecified atom stereocenters. The molecule has 1 N–H and O–H groups in total. The lowest BCUT2D eigenvalue weighted by molar-refractivity contribution is 0.499. The van der Waals surface area contributed by atoms with Crippen LogP contribution in [0.5, 0.6) is 0 Å². The highest BCUT2D eigenvalue weighted by Crippen LogP contribution is 2.20. The molecule has 0 aliphatic heterocycles. The van der Waals surface area contributed by atoms with Gasteiger partial charge in [-0.3, -0.25) is 0 Å². The molecule has 0 spiro atoms. The Morgan fingerprint density at radius 1 is 1.46 bits per heavy atom. The van der Waals surface area contributed by atoms with E-state index in [4.69, 9.17) is 0 Å². The van der Waals surface area contributed by atoms with Gasteiger partial charge in [0.05, 0.1) is 11.2 Å². The van der Waals surface area contributed by atoms with Crippen molar-refractivity contribution in [3.05, 3.63) is 16.1 Å². The monoisotopic (exact) mass is 198 g/mol. The van der Waals surface area contributed by atoms with Gasteiger partial charge >= 0.3 is 0 Å². The maximum absolute atomic E-state index is 4.24. The van der Waals surface area contributed by atoms with Gasteiger partial charge in [0.1, 0.15) is 0 Å². The zero-order valence-electron chi connectivity index (χ0n) is 8.79. The molecule has 0 fully saturated rings. The van der Waals surface area contributed by atoms with Gasteiger partial charge < -0.3 is 5.32 Å². The Labute approximate surface area is 84.4 Å². The third-order valence-electron chi connectivity index (χ3n) is 2.01. The molecule has 0 saturated heterocycles. The van der Waals surface area contributed by atoms with Crippen LogP contribution >= 0.6 is 11.3 Å². The summed E-state index contributed by atoms with van der Waals surface area (Å²) in [4.78, 5) is 5.61. The highest BCUT2D eigenvalue weighted by atomic mass is 32.1. The van der Waals surface area contributed by atoms with Crippen LogP contribution in [0.15, 0.2) is 5.51 Å². The number of nitrogens with one attached hydrogen (secondary N) is 1. The minimum absolute atomic E-state index is 0.440. The van der Waals surface area contributed by atoms with Crippen LogP contribution in [0, 0.1) is 12.8 Å². The molecule has 0 radical (unpaired) electrons. The van der Waals surface area contributed by atoms with Gasteiger partial charge in [-0.15, -0.1) is 11.3 Å². The van der Waals surface area contributed by atoms with E-state index in [2.05, 4.69) is 38.0 Å². The Balaban J connectivity index is 2.49. The molecule has 0 amide bonds. The summed E-state index contributed by atoms with van der Waals surface area (Å²) in [6.07, 6.45) is 0. The molecule has 0 aliphatic rings. The molecule has 3 heteroatoms. The summed E-state index contributed by atoms with van der Waals surface area (Å²) in [7, 11) is 0. The van der Waals surface area contributed by atoms with Crippen molar-refractivity contribution < 1.29 is 0 Å². The van der Waals surface area contributed by atoms with Crippen LogP contribution in [-0.4, -0.2) is 11.5 Å². The van der Waals surface area contributed by atoms with E-state index in [9.17, 15) is 0 Å². The number of aryl methyl sites for hydroxylation is 1. The Hall–Kier alpha value is -0.410. The maximum Gasteiger partial charge on any atom is 0.0798 e. The van der Waals surface area contributed by atoms with Crippen LogP contribution in [0.2, 0.25) is 0 Å². The van der Waals surface area contributed by atoms with E-state index >= 15 is 0 Å². The van der Waals surface area contributed by atoms with Crippen molar-refractivity contribution in [1.29, 1.82) is 0 Å². The van der Waals surface area contributed by atoms with E-state index in [1.807, 2.05) is 5.51 Å². The number of thiazole rings is 1. The fourth-order valence-electron chi connectivity index (χ4n) is 1.23. The molecule has 1 aromatic heterocycles. The predicted octanol–water partition coefficient (Wildman–Crippen LogP) is 2.76. The predicted molar refractivity (Wildman–Crippen MR) is 58.1 cm³/mol. The Morgan fingerprint density at radius 3 is 2.62 bits per heavy atom. The van der Waals surface area contributed by atoms with Gasteiger partial charge in [0, 0.05) is 10.9 Å². The van der Waals surface area contributed by atoms with Crippen LogP contribution in [0.4, 0.5) is 0 Å². The third kappa shape index (κ3) is 3.08. The summed E-state index contributed by atoms with van der Waals surface area (Å²) >= 11 is 1.74. The third-order valence-corrected chi connectivity index (χ3v) is 3.12. The van der Waals surface area contributed by atoms with Crippen LogP contribution in [-0.2, 0) is 0 Å². The first-order valence-electron chi connectivity index (χ1n) is 4.74. The minimum atomic E-state index is 0.440. The number of hydrogen-bond donors (Lipinski definition) is 1. The number of aromatic nitrogens is 1. The van der Waals surface area contributed by atoms with Gasteiger partial charge in [-0.25, -0.2) is 4.98 Å². The summed E-state index contributed by atoms with van der Waals surface area (Å²) in [6, 6.07) is 0.440. The quantitative estimate of drug-likeness (QED) is 0.804. The molecular weight excluding hydrogens is 180 g/mol. The lowest BCUT2D eigenvalue weighted by Gasteiger charge is -2.14. The Morgan fingerprint density at radius 2 is 2.15 bits per heavy atom. The van der Waals surface area contributed by atoms with E-state index in [1.165, 1.54) is 4.88 Å². The molecule has 1 heterocycles. The largest absolute Gasteiger partial charge is 0.309 e. The van der Waals surface area contributed by atoms with Gasteiger partial charge in [-0.2, -0.15) is 0 Å². The summed E-state index contributed by atoms with van der Waals surface area (Å²) in [5.74, 6) is 0.704. The molecule has 1 rings (SSSR count). The van der Waals surface area contributed by atoms with E-state index in [0.717, 1.165) is 12.2 Å². The average Bonchev–Trinajstić information content (AvgIpc) is 2.47. The zero-order valence-corrected chi connectivity index (χ0v) is 9.61. The molecule has 1 aromatic rings. The number of hydrogen-bond acceptors (Lipinski definition) is 3. The van der Waals surface area contributed by atoms with Crippen LogP contribution in [0.1, 0.15) is 37.4 Å². The zero-order chi connectivity index (χ0) is 9.84. The molecule has 2 nitrogen and oxygen atoms in total. The van der Waals surface area contributed by atoms with Crippen molar-refractivity contribution in [1.82, 2.24) is 10.3 Å². The molecule has 0 saturated carbocycles. The van der Waals surface area contributed by atoms with Crippen LogP contribution < -0.4 is 5.32 Å². The van der Waals surface area contributed by atoms with Gasteiger partial charge in [0.15, 0.2) is 0 Å². The fourth-order valence-corrected chi connectivity index (χ4v) is 2.07. The molecular formula is C10H18N2S. The van der Waals surface area contributed by atoms with Gasteiger partial charge in [0.25, 0.3) is 0 Å². The van der Waals surface area contributed by atoms with Crippen molar-refractivity contribution in [2.45, 2.75) is 33.7 Å². The van der Waals surface area contributed by atoms with Crippen LogP contribution in [0.3, 0.4) is 0 Å². The Bertz CT molecular complexity index is 255. The molecule has 0 bridgehead atoms. The van der Waals surface area contributed by atoms with E-state index in [0.29, 0.717) is 12.0 Å². The average molecular weight is 198 g/mol. The fraction of sp³-hybridized carbons (Fsp3) is 0.700. The first-order chi connectivity index (χ1) is 6.11. The molecule has 74 valence electrons. The van der Waals surface area contributed by atoms with E-state index in [-0.39, 0.29) is 0 Å². The lowest BCUT2D eigenvalue weighted by Crippen LogP contribution is -2.23. The first-order valence-corrected chi connectivity index (χ1v) is 5.62.